The lowest BCUT2D eigenvalue weighted by atomic mass is 10.0. The number of nitrogens with zero attached hydrogens (tertiary/aromatic N) is 4. The van der Waals surface area contributed by atoms with Crippen LogP contribution in [0, 0.1) is 0 Å². The quantitative estimate of drug-likeness (QED) is 0.266. The lowest BCUT2D eigenvalue weighted by Crippen LogP contribution is -2.48. The normalized spacial score (nSPS) is 13.6. The number of aromatic nitrogens is 2. The molecule has 0 atom stereocenters. The van der Waals surface area contributed by atoms with Gasteiger partial charge in [0, 0.05) is 43.6 Å². The molecule has 6 rings (SSSR count). The Balaban J connectivity index is 1.13. The minimum absolute atomic E-state index is 0.0326. The van der Waals surface area contributed by atoms with Crippen LogP contribution in [0.1, 0.15) is 16.1 Å². The Morgan fingerprint density at radius 1 is 0.762 bits per heavy atom. The number of piperazine rings is 1. The fraction of sp³-hybridized carbons (Fsp3) is 0.152. The summed E-state index contributed by atoms with van der Waals surface area (Å²) in [4.78, 5) is 24.6. The maximum Gasteiger partial charge on any atom is 0.264 e. The number of hydrogen-bond acceptors (Lipinski definition) is 5. The van der Waals surface area contributed by atoms with Crippen molar-refractivity contribution in [2.45, 2.75) is 11.4 Å². The number of benzene rings is 4. The largest absolute Gasteiger partial charge is 0.368 e. The van der Waals surface area contributed by atoms with Gasteiger partial charge < -0.3 is 14.8 Å². The summed E-state index contributed by atoms with van der Waals surface area (Å²) in [6.45, 7) is 2.72. The number of sulfonamides is 1. The summed E-state index contributed by atoms with van der Waals surface area (Å²) >= 11 is 0. The fourth-order valence-electron chi connectivity index (χ4n) is 5.18. The molecule has 0 radical (unpaired) electrons. The van der Waals surface area contributed by atoms with Gasteiger partial charge in [0.1, 0.15) is 0 Å². The third-order valence-corrected chi connectivity index (χ3v) is 9.30. The van der Waals surface area contributed by atoms with Crippen molar-refractivity contribution in [1.29, 1.82) is 0 Å². The zero-order valence-electron chi connectivity index (χ0n) is 23.0. The highest BCUT2D eigenvalue weighted by Crippen LogP contribution is 2.28. The van der Waals surface area contributed by atoms with Gasteiger partial charge in [-0.3, -0.25) is 9.10 Å². The van der Waals surface area contributed by atoms with Gasteiger partial charge in [0.2, 0.25) is 0 Å². The highest BCUT2D eigenvalue weighted by Gasteiger charge is 2.27. The van der Waals surface area contributed by atoms with Crippen LogP contribution >= 0.6 is 0 Å². The van der Waals surface area contributed by atoms with Crippen LogP contribution in [-0.2, 0) is 16.6 Å². The third kappa shape index (κ3) is 5.77. The summed E-state index contributed by atoms with van der Waals surface area (Å²) < 4.78 is 28.6. The number of H-pyrrole nitrogens is 1. The number of nitrogens with one attached hydrogen (secondary N) is 1. The second kappa shape index (κ2) is 11.9. The Hall–Kier alpha value is -4.89. The second-order valence-corrected chi connectivity index (χ2v) is 12.0. The van der Waals surface area contributed by atoms with Gasteiger partial charge in [-0.25, -0.2) is 13.4 Å². The first-order valence-corrected chi connectivity index (χ1v) is 15.3. The van der Waals surface area contributed by atoms with Crippen LogP contribution < -0.4 is 9.21 Å². The van der Waals surface area contributed by atoms with E-state index in [0.29, 0.717) is 43.1 Å². The minimum Gasteiger partial charge on any atom is -0.368 e. The number of carbonyl (C=O) groups is 1. The van der Waals surface area contributed by atoms with E-state index in [-0.39, 0.29) is 17.3 Å². The van der Waals surface area contributed by atoms with Gasteiger partial charge in [-0.2, -0.15) is 0 Å². The first-order chi connectivity index (χ1) is 20.5. The molecule has 1 saturated heterocycles. The van der Waals surface area contributed by atoms with E-state index in [9.17, 15) is 13.2 Å². The van der Waals surface area contributed by atoms with Crippen molar-refractivity contribution in [3.05, 3.63) is 133 Å². The van der Waals surface area contributed by atoms with Crippen LogP contribution in [0.2, 0.25) is 0 Å². The predicted molar refractivity (Wildman–Crippen MR) is 165 cm³/mol. The van der Waals surface area contributed by atoms with Gasteiger partial charge >= 0.3 is 0 Å². The van der Waals surface area contributed by atoms with E-state index >= 15 is 0 Å². The number of rotatable bonds is 8. The number of carbonyl (C=O) groups excluding carboxylic acids is 1. The summed E-state index contributed by atoms with van der Waals surface area (Å²) in [6.07, 6.45) is 3.16. The van der Waals surface area contributed by atoms with Crippen LogP contribution in [0.4, 0.5) is 11.4 Å². The maximum absolute atomic E-state index is 13.6. The van der Waals surface area contributed by atoms with Gasteiger partial charge in [-0.1, -0.05) is 60.7 Å². The molecule has 1 amide bonds. The third-order valence-electron chi connectivity index (χ3n) is 7.51. The zero-order chi connectivity index (χ0) is 28.9. The molecule has 212 valence electrons. The molecule has 0 spiro atoms. The Labute approximate surface area is 245 Å². The van der Waals surface area contributed by atoms with Crippen molar-refractivity contribution in [1.82, 2.24) is 14.9 Å². The standard InChI is InChI=1S/C33H31N5O3S/c39-33(28-13-11-27(12-14-28)26-7-3-1-4-8-26)37-21-19-36(20-22-37)30-15-17-31(18-16-30)38(24-29-23-34-25-35-29)42(40,41)32-9-5-2-6-10-32/h1-18,23,25H,19-22,24H2,(H,34,35). The summed E-state index contributed by atoms with van der Waals surface area (Å²) in [5.74, 6) is 0.0326. The van der Waals surface area contributed by atoms with E-state index in [2.05, 4.69) is 27.0 Å². The van der Waals surface area contributed by atoms with Gasteiger partial charge in [0.15, 0.2) is 0 Å². The van der Waals surface area contributed by atoms with Crippen molar-refractivity contribution in [2.24, 2.45) is 0 Å². The Morgan fingerprint density at radius 3 is 2.00 bits per heavy atom. The molecular formula is C33H31N5O3S. The number of hydrogen-bond donors (Lipinski definition) is 1. The van der Waals surface area contributed by atoms with Crippen LogP contribution in [-0.4, -0.2) is 55.4 Å². The number of amides is 1. The Kier molecular flexibility index (Phi) is 7.74. The molecule has 0 unspecified atom stereocenters. The molecule has 4 aromatic carbocycles. The first-order valence-electron chi connectivity index (χ1n) is 13.8. The lowest BCUT2D eigenvalue weighted by Gasteiger charge is -2.36. The van der Waals surface area contributed by atoms with Crippen molar-refractivity contribution < 1.29 is 13.2 Å². The molecular weight excluding hydrogens is 546 g/mol. The van der Waals surface area contributed by atoms with Gasteiger partial charge in [0.05, 0.1) is 29.1 Å². The van der Waals surface area contributed by atoms with Crippen LogP contribution in [0.15, 0.2) is 127 Å². The molecule has 5 aromatic rings. The molecule has 9 heteroatoms. The van der Waals surface area contributed by atoms with Crippen LogP contribution in [0.25, 0.3) is 11.1 Å². The molecule has 1 fully saturated rings. The Morgan fingerprint density at radius 2 is 1.38 bits per heavy atom. The topological polar surface area (TPSA) is 89.6 Å². The van der Waals surface area contributed by atoms with Gasteiger partial charge in [0.25, 0.3) is 15.9 Å². The Bertz CT molecular complexity index is 1720. The smallest absolute Gasteiger partial charge is 0.264 e. The SMILES string of the molecule is O=C(c1ccc(-c2ccccc2)cc1)N1CCN(c2ccc(N(Cc3cnc[nH]3)S(=O)(=O)c3ccccc3)cc2)CC1. The average molecular weight is 578 g/mol. The molecule has 1 aromatic heterocycles. The molecule has 0 saturated carbocycles. The molecule has 1 aliphatic rings. The lowest BCUT2D eigenvalue weighted by molar-refractivity contribution is 0.0747. The number of anilines is 2. The van der Waals surface area contributed by atoms with Crippen molar-refractivity contribution >= 4 is 27.3 Å². The summed E-state index contributed by atoms with van der Waals surface area (Å²) in [7, 11) is -3.80. The molecule has 42 heavy (non-hydrogen) atoms. The van der Waals surface area contributed by atoms with Gasteiger partial charge in [-0.05, 0) is 59.7 Å². The summed E-state index contributed by atoms with van der Waals surface area (Å²) in [5.41, 5.74) is 5.12. The highest BCUT2D eigenvalue weighted by molar-refractivity contribution is 7.92. The summed E-state index contributed by atoms with van der Waals surface area (Å²) in [5, 5.41) is 0. The second-order valence-electron chi connectivity index (χ2n) is 10.1. The number of aromatic amines is 1. The van der Waals surface area contributed by atoms with Crippen molar-refractivity contribution in [3.8, 4) is 11.1 Å². The van der Waals surface area contributed by atoms with Crippen molar-refractivity contribution in [3.63, 3.8) is 0 Å². The van der Waals surface area contributed by atoms with Crippen LogP contribution in [0.3, 0.4) is 0 Å². The molecule has 2 heterocycles. The summed E-state index contributed by atoms with van der Waals surface area (Å²) in [6, 6.07) is 33.9. The first kappa shape index (κ1) is 27.3. The van der Waals surface area contributed by atoms with E-state index in [1.54, 1.807) is 36.5 Å². The molecule has 1 aliphatic heterocycles. The molecule has 0 aliphatic carbocycles. The molecule has 0 bridgehead atoms. The van der Waals surface area contributed by atoms with E-state index in [0.717, 1.165) is 16.8 Å². The van der Waals surface area contributed by atoms with E-state index in [4.69, 9.17) is 0 Å². The predicted octanol–water partition coefficient (Wildman–Crippen LogP) is 5.43. The van der Waals surface area contributed by atoms with E-state index in [1.807, 2.05) is 71.6 Å². The minimum atomic E-state index is -3.80. The molecule has 1 N–H and O–H groups in total. The fourth-order valence-corrected chi connectivity index (χ4v) is 6.64. The monoisotopic (exact) mass is 577 g/mol. The zero-order valence-corrected chi connectivity index (χ0v) is 23.8. The van der Waals surface area contributed by atoms with Gasteiger partial charge in [-0.15, -0.1) is 0 Å². The van der Waals surface area contributed by atoms with E-state index < -0.39 is 10.0 Å². The molecule has 8 nitrogen and oxygen atoms in total. The maximum atomic E-state index is 13.6. The average Bonchev–Trinajstić information content (AvgIpc) is 3.58. The van der Waals surface area contributed by atoms with E-state index in [1.165, 1.54) is 10.6 Å². The van der Waals surface area contributed by atoms with Crippen LogP contribution in [0.5, 0.6) is 0 Å². The number of imidazole rings is 1. The highest BCUT2D eigenvalue weighted by atomic mass is 32.2. The van der Waals surface area contributed by atoms with Crippen molar-refractivity contribution in [2.75, 3.05) is 35.4 Å².